The molecule has 1 unspecified atom stereocenters. The minimum atomic E-state index is -0.00476. The number of hydrogen-bond acceptors (Lipinski definition) is 4. The Kier molecular flexibility index (Phi) is 9.97. The molecule has 1 heterocycles. The van der Waals surface area contributed by atoms with E-state index >= 15 is 0 Å². The number of benzene rings is 2. The first kappa shape index (κ1) is 24.8. The van der Waals surface area contributed by atoms with Crippen molar-refractivity contribution in [1.29, 1.82) is 0 Å². The molecule has 0 aromatic heterocycles. The Morgan fingerprint density at radius 3 is 2.55 bits per heavy atom. The fourth-order valence-corrected chi connectivity index (χ4v) is 3.49. The number of methoxy groups -OCH3 is 2. The number of ether oxygens (including phenoxy) is 2. The van der Waals surface area contributed by atoms with Gasteiger partial charge in [-0.2, -0.15) is 0 Å². The van der Waals surface area contributed by atoms with E-state index in [0.29, 0.717) is 6.54 Å². The molecular formula is C24H33IN4O2. The number of halogens is 1. The van der Waals surface area contributed by atoms with E-state index in [9.17, 15) is 0 Å². The number of aliphatic imine (C=N–C) groups is 1. The molecule has 0 fully saturated rings. The largest absolute Gasteiger partial charge is 0.497 e. The quantitative estimate of drug-likeness (QED) is 0.225. The summed E-state index contributed by atoms with van der Waals surface area (Å²) in [6.45, 7) is 7.48. The molecule has 1 aliphatic heterocycles. The predicted molar refractivity (Wildman–Crippen MR) is 139 cm³/mol. The van der Waals surface area contributed by atoms with E-state index in [-0.39, 0.29) is 30.0 Å². The van der Waals surface area contributed by atoms with Crippen molar-refractivity contribution in [2.45, 2.75) is 26.4 Å². The molecule has 31 heavy (non-hydrogen) atoms. The van der Waals surface area contributed by atoms with Crippen LogP contribution in [0.5, 0.6) is 11.5 Å². The fraction of sp³-hybridized carbons (Fsp3) is 0.375. The van der Waals surface area contributed by atoms with Gasteiger partial charge in [0.25, 0.3) is 0 Å². The van der Waals surface area contributed by atoms with Crippen LogP contribution in [0, 0.1) is 0 Å². The summed E-state index contributed by atoms with van der Waals surface area (Å²) in [6.07, 6.45) is 4.40. The third kappa shape index (κ3) is 6.78. The normalized spacial score (nSPS) is 14.1. The van der Waals surface area contributed by atoms with Gasteiger partial charge in [0, 0.05) is 30.9 Å². The molecular weight excluding hydrogens is 503 g/mol. The molecule has 2 aromatic carbocycles. The van der Waals surface area contributed by atoms with Gasteiger partial charge >= 0.3 is 0 Å². The van der Waals surface area contributed by atoms with E-state index in [1.54, 1.807) is 14.2 Å². The molecule has 3 rings (SSSR count). The van der Waals surface area contributed by atoms with Crippen LogP contribution in [-0.4, -0.2) is 39.8 Å². The first-order valence-electron chi connectivity index (χ1n) is 10.4. The van der Waals surface area contributed by atoms with Gasteiger partial charge < -0.3 is 25.0 Å². The standard InChI is InChI=1S/C24H32N4O2.HI/c1-5-25-24(27-18(2)22-16-21(29-3)11-12-23(22)30-4)26-17-19-9-8-10-20(15-19)28-13-6-7-14-28;/h6-12,15-16,18H,5,13-14,17H2,1-4H3,(H2,25,26,27);1H. The maximum absolute atomic E-state index is 5.53. The Morgan fingerprint density at radius 2 is 1.87 bits per heavy atom. The second kappa shape index (κ2) is 12.4. The van der Waals surface area contributed by atoms with Crippen LogP contribution >= 0.6 is 24.0 Å². The number of rotatable bonds is 8. The zero-order valence-electron chi connectivity index (χ0n) is 18.7. The molecule has 0 bridgehead atoms. The Hall–Kier alpha value is -2.42. The maximum atomic E-state index is 5.53. The van der Waals surface area contributed by atoms with E-state index in [0.717, 1.165) is 42.7 Å². The first-order valence-corrected chi connectivity index (χ1v) is 10.4. The molecule has 0 spiro atoms. The molecule has 0 saturated carbocycles. The summed E-state index contributed by atoms with van der Waals surface area (Å²) in [7, 11) is 3.35. The van der Waals surface area contributed by atoms with Gasteiger partial charge in [-0.3, -0.25) is 0 Å². The van der Waals surface area contributed by atoms with E-state index < -0.39 is 0 Å². The van der Waals surface area contributed by atoms with E-state index in [2.05, 4.69) is 65.8 Å². The molecule has 7 heteroatoms. The molecule has 1 atom stereocenters. The van der Waals surface area contributed by atoms with Crippen LogP contribution in [-0.2, 0) is 6.54 Å². The van der Waals surface area contributed by atoms with Crippen molar-refractivity contribution in [3.05, 3.63) is 65.7 Å². The van der Waals surface area contributed by atoms with Crippen molar-refractivity contribution in [3.63, 3.8) is 0 Å². The second-order valence-electron chi connectivity index (χ2n) is 7.22. The summed E-state index contributed by atoms with van der Waals surface area (Å²) < 4.78 is 10.9. The minimum absolute atomic E-state index is 0. The number of nitrogens with zero attached hydrogens (tertiary/aromatic N) is 2. The number of hydrogen-bond donors (Lipinski definition) is 2. The maximum Gasteiger partial charge on any atom is 0.192 e. The monoisotopic (exact) mass is 536 g/mol. The highest BCUT2D eigenvalue weighted by Crippen LogP contribution is 2.29. The van der Waals surface area contributed by atoms with E-state index in [4.69, 9.17) is 14.5 Å². The Balaban J connectivity index is 0.00000341. The average molecular weight is 536 g/mol. The zero-order valence-corrected chi connectivity index (χ0v) is 21.1. The lowest BCUT2D eigenvalue weighted by Crippen LogP contribution is -2.38. The van der Waals surface area contributed by atoms with Gasteiger partial charge in [0.05, 0.1) is 26.8 Å². The third-order valence-electron chi connectivity index (χ3n) is 5.11. The average Bonchev–Trinajstić information content (AvgIpc) is 3.32. The molecule has 0 amide bonds. The first-order chi connectivity index (χ1) is 14.6. The van der Waals surface area contributed by atoms with Crippen molar-refractivity contribution >= 4 is 35.6 Å². The summed E-state index contributed by atoms with van der Waals surface area (Å²) in [5.41, 5.74) is 3.44. The smallest absolute Gasteiger partial charge is 0.192 e. The fourth-order valence-electron chi connectivity index (χ4n) is 3.49. The number of anilines is 1. The minimum Gasteiger partial charge on any atom is -0.497 e. The van der Waals surface area contributed by atoms with Gasteiger partial charge in [-0.25, -0.2) is 4.99 Å². The summed E-state index contributed by atoms with van der Waals surface area (Å²) >= 11 is 0. The van der Waals surface area contributed by atoms with Crippen LogP contribution in [0.2, 0.25) is 0 Å². The van der Waals surface area contributed by atoms with Gasteiger partial charge in [-0.15, -0.1) is 24.0 Å². The Morgan fingerprint density at radius 1 is 1.10 bits per heavy atom. The van der Waals surface area contributed by atoms with Crippen LogP contribution in [0.3, 0.4) is 0 Å². The highest BCUT2D eigenvalue weighted by molar-refractivity contribution is 14.0. The molecule has 2 aromatic rings. The predicted octanol–water partition coefficient (Wildman–Crippen LogP) is 4.51. The molecule has 2 N–H and O–H groups in total. The molecule has 168 valence electrons. The SMILES string of the molecule is CCNC(=NCc1cccc(N2CC=CC2)c1)NC(C)c1cc(OC)ccc1OC.I. The van der Waals surface area contributed by atoms with Crippen molar-refractivity contribution in [1.82, 2.24) is 10.6 Å². The highest BCUT2D eigenvalue weighted by Gasteiger charge is 2.14. The van der Waals surface area contributed by atoms with Crippen LogP contribution in [0.4, 0.5) is 5.69 Å². The molecule has 0 saturated heterocycles. The highest BCUT2D eigenvalue weighted by atomic mass is 127. The summed E-state index contributed by atoms with van der Waals surface area (Å²) in [4.78, 5) is 7.14. The van der Waals surface area contributed by atoms with Crippen molar-refractivity contribution in [2.75, 3.05) is 38.8 Å². The number of guanidine groups is 1. The van der Waals surface area contributed by atoms with Crippen LogP contribution in [0.15, 0.2) is 59.6 Å². The van der Waals surface area contributed by atoms with Gasteiger partial charge in [0.1, 0.15) is 11.5 Å². The summed E-state index contributed by atoms with van der Waals surface area (Å²) in [5.74, 6) is 2.39. The Bertz CT molecular complexity index is 893. The van der Waals surface area contributed by atoms with Gasteiger partial charge in [-0.1, -0.05) is 24.3 Å². The second-order valence-corrected chi connectivity index (χ2v) is 7.22. The van der Waals surface area contributed by atoms with Crippen LogP contribution < -0.4 is 25.0 Å². The lowest BCUT2D eigenvalue weighted by Gasteiger charge is -2.21. The van der Waals surface area contributed by atoms with Crippen molar-refractivity contribution in [3.8, 4) is 11.5 Å². The van der Waals surface area contributed by atoms with Crippen molar-refractivity contribution < 1.29 is 9.47 Å². The van der Waals surface area contributed by atoms with Crippen LogP contribution in [0.25, 0.3) is 0 Å². The van der Waals surface area contributed by atoms with Gasteiger partial charge in [-0.05, 0) is 49.7 Å². The summed E-state index contributed by atoms with van der Waals surface area (Å²) in [6, 6.07) is 14.4. The number of nitrogens with one attached hydrogen (secondary N) is 2. The summed E-state index contributed by atoms with van der Waals surface area (Å²) in [5, 5.41) is 6.82. The molecule has 0 radical (unpaired) electrons. The molecule has 0 aliphatic carbocycles. The van der Waals surface area contributed by atoms with Crippen molar-refractivity contribution in [2.24, 2.45) is 4.99 Å². The molecule has 1 aliphatic rings. The lowest BCUT2D eigenvalue weighted by atomic mass is 10.1. The Labute approximate surface area is 202 Å². The topological polar surface area (TPSA) is 58.1 Å². The van der Waals surface area contributed by atoms with E-state index in [1.807, 2.05) is 18.2 Å². The lowest BCUT2D eigenvalue weighted by molar-refractivity contribution is 0.394. The van der Waals surface area contributed by atoms with E-state index in [1.165, 1.54) is 11.3 Å². The third-order valence-corrected chi connectivity index (χ3v) is 5.11. The zero-order chi connectivity index (χ0) is 21.3. The van der Waals surface area contributed by atoms with Gasteiger partial charge in [0.2, 0.25) is 0 Å². The van der Waals surface area contributed by atoms with Gasteiger partial charge in [0.15, 0.2) is 5.96 Å². The molecule has 6 nitrogen and oxygen atoms in total. The van der Waals surface area contributed by atoms with Crippen LogP contribution in [0.1, 0.15) is 31.0 Å².